The van der Waals surface area contributed by atoms with Crippen molar-refractivity contribution < 1.29 is 4.92 Å². The molecule has 1 aromatic carbocycles. The third-order valence-corrected chi connectivity index (χ3v) is 3.59. The maximum atomic E-state index is 10.8. The number of halogens is 1. The molecule has 0 aliphatic rings. The number of aromatic nitrogens is 2. The zero-order chi connectivity index (χ0) is 14.2. The first-order valence-electron chi connectivity index (χ1n) is 5.82. The fourth-order valence-corrected chi connectivity index (χ4v) is 2.67. The second kappa shape index (κ2) is 5.13. The zero-order valence-corrected chi connectivity index (χ0v) is 12.6. The summed E-state index contributed by atoms with van der Waals surface area (Å²) in [7, 11) is 0. The molecule has 0 aliphatic carbocycles. The number of aryl methyl sites for hydroxylation is 3. The molecule has 1 heterocycles. The number of nitrogens with zero attached hydrogens (tertiary/aromatic N) is 3. The maximum Gasteiger partial charge on any atom is 0.404 e. The quantitative estimate of drug-likeness (QED) is 0.641. The summed E-state index contributed by atoms with van der Waals surface area (Å²) in [5.41, 5.74) is 4.71. The SMILES string of the molecule is Cc1cc(C)c(Cn2cc(Br)c([N+](=O)[O-])n2)c(C)c1. The lowest BCUT2D eigenvalue weighted by Gasteiger charge is -2.09. The minimum absolute atomic E-state index is 0.151. The summed E-state index contributed by atoms with van der Waals surface area (Å²) < 4.78 is 1.99. The summed E-state index contributed by atoms with van der Waals surface area (Å²) in [4.78, 5) is 10.3. The van der Waals surface area contributed by atoms with Crippen molar-refractivity contribution in [2.24, 2.45) is 0 Å². The van der Waals surface area contributed by atoms with Crippen molar-refractivity contribution in [2.75, 3.05) is 0 Å². The van der Waals surface area contributed by atoms with Gasteiger partial charge in [0.05, 0.1) is 17.8 Å². The molecule has 100 valence electrons. The Balaban J connectivity index is 2.37. The largest absolute Gasteiger partial charge is 0.404 e. The highest BCUT2D eigenvalue weighted by Gasteiger charge is 2.19. The molecule has 0 N–H and O–H groups in total. The average Bonchev–Trinajstić information content (AvgIpc) is 2.65. The van der Waals surface area contributed by atoms with E-state index in [0.29, 0.717) is 11.0 Å². The first kappa shape index (κ1) is 13.7. The van der Waals surface area contributed by atoms with Gasteiger partial charge in [-0.3, -0.25) is 0 Å². The first-order valence-corrected chi connectivity index (χ1v) is 6.62. The third kappa shape index (κ3) is 2.84. The number of rotatable bonds is 3. The van der Waals surface area contributed by atoms with Crippen LogP contribution in [0.25, 0.3) is 0 Å². The molecule has 6 heteroatoms. The molecule has 0 fully saturated rings. The van der Waals surface area contributed by atoms with E-state index in [2.05, 4.69) is 40.1 Å². The first-order chi connectivity index (χ1) is 8.88. The number of benzene rings is 1. The van der Waals surface area contributed by atoms with Gasteiger partial charge in [-0.05, 0) is 58.3 Å². The van der Waals surface area contributed by atoms with Crippen LogP contribution in [-0.4, -0.2) is 14.7 Å². The van der Waals surface area contributed by atoms with Gasteiger partial charge in [-0.1, -0.05) is 17.7 Å². The van der Waals surface area contributed by atoms with Gasteiger partial charge in [0, 0.05) is 0 Å². The van der Waals surface area contributed by atoms with E-state index in [0.717, 1.165) is 5.56 Å². The van der Waals surface area contributed by atoms with E-state index in [1.54, 1.807) is 10.9 Å². The molecule has 0 bridgehead atoms. The van der Waals surface area contributed by atoms with Gasteiger partial charge in [0.1, 0.15) is 4.47 Å². The monoisotopic (exact) mass is 323 g/mol. The van der Waals surface area contributed by atoms with Gasteiger partial charge in [0.15, 0.2) is 0 Å². The third-order valence-electron chi connectivity index (χ3n) is 3.03. The summed E-state index contributed by atoms with van der Waals surface area (Å²) in [6, 6.07) is 4.21. The van der Waals surface area contributed by atoms with Crippen LogP contribution in [0.3, 0.4) is 0 Å². The van der Waals surface area contributed by atoms with Gasteiger partial charge >= 0.3 is 5.82 Å². The molecule has 2 rings (SSSR count). The molecular formula is C13H14BrN3O2. The van der Waals surface area contributed by atoms with Crippen molar-refractivity contribution in [3.8, 4) is 0 Å². The summed E-state index contributed by atoms with van der Waals surface area (Å²) in [6.45, 7) is 6.67. The van der Waals surface area contributed by atoms with Crippen LogP contribution in [0.1, 0.15) is 22.3 Å². The van der Waals surface area contributed by atoms with Crippen LogP contribution in [0, 0.1) is 30.9 Å². The van der Waals surface area contributed by atoms with Gasteiger partial charge in [-0.15, -0.1) is 0 Å². The van der Waals surface area contributed by atoms with Crippen molar-refractivity contribution in [1.29, 1.82) is 0 Å². The Bertz CT molecular complexity index is 626. The molecule has 2 aromatic rings. The lowest BCUT2D eigenvalue weighted by atomic mass is 10.00. The molecule has 0 amide bonds. The molecule has 0 atom stereocenters. The Hall–Kier alpha value is -1.69. The lowest BCUT2D eigenvalue weighted by Crippen LogP contribution is -2.05. The normalized spacial score (nSPS) is 10.7. The molecule has 5 nitrogen and oxygen atoms in total. The van der Waals surface area contributed by atoms with Gasteiger partial charge in [0.25, 0.3) is 0 Å². The zero-order valence-electron chi connectivity index (χ0n) is 11.0. The van der Waals surface area contributed by atoms with Crippen LogP contribution in [0.4, 0.5) is 5.82 Å². The number of nitro groups is 1. The van der Waals surface area contributed by atoms with E-state index < -0.39 is 4.92 Å². The summed E-state index contributed by atoms with van der Waals surface area (Å²) in [5, 5.41) is 14.7. The van der Waals surface area contributed by atoms with Crippen LogP contribution < -0.4 is 0 Å². The highest BCUT2D eigenvalue weighted by Crippen LogP contribution is 2.24. The maximum absolute atomic E-state index is 10.8. The van der Waals surface area contributed by atoms with E-state index in [4.69, 9.17) is 0 Å². The lowest BCUT2D eigenvalue weighted by molar-refractivity contribution is -0.390. The summed E-state index contributed by atoms with van der Waals surface area (Å²) >= 11 is 3.15. The van der Waals surface area contributed by atoms with Crippen molar-refractivity contribution in [3.63, 3.8) is 0 Å². The fourth-order valence-electron chi connectivity index (χ4n) is 2.21. The van der Waals surface area contributed by atoms with Crippen LogP contribution in [0.15, 0.2) is 22.8 Å². The molecule has 0 radical (unpaired) electrons. The van der Waals surface area contributed by atoms with E-state index >= 15 is 0 Å². The van der Waals surface area contributed by atoms with Crippen LogP contribution in [0.5, 0.6) is 0 Å². The summed E-state index contributed by atoms with van der Waals surface area (Å²) in [5.74, 6) is -0.151. The molecule has 0 saturated heterocycles. The minimum Gasteiger partial charge on any atom is -0.358 e. The molecule has 0 aliphatic heterocycles. The van der Waals surface area contributed by atoms with Gasteiger partial charge in [-0.2, -0.15) is 4.68 Å². The molecule has 19 heavy (non-hydrogen) atoms. The molecule has 0 saturated carbocycles. The Morgan fingerprint density at radius 1 is 1.32 bits per heavy atom. The molecular weight excluding hydrogens is 310 g/mol. The van der Waals surface area contributed by atoms with Crippen molar-refractivity contribution >= 4 is 21.7 Å². The highest BCUT2D eigenvalue weighted by atomic mass is 79.9. The molecule has 1 aromatic heterocycles. The van der Waals surface area contributed by atoms with Crippen LogP contribution in [0.2, 0.25) is 0 Å². The van der Waals surface area contributed by atoms with Crippen molar-refractivity contribution in [2.45, 2.75) is 27.3 Å². The van der Waals surface area contributed by atoms with Crippen molar-refractivity contribution in [1.82, 2.24) is 9.78 Å². The van der Waals surface area contributed by atoms with Gasteiger partial charge in [-0.25, -0.2) is 0 Å². The van der Waals surface area contributed by atoms with Crippen LogP contribution >= 0.6 is 15.9 Å². The van der Waals surface area contributed by atoms with E-state index in [1.165, 1.54) is 16.7 Å². The van der Waals surface area contributed by atoms with E-state index in [1.807, 2.05) is 13.8 Å². The predicted molar refractivity (Wildman–Crippen MR) is 76.3 cm³/mol. The Kier molecular flexibility index (Phi) is 3.71. The average molecular weight is 324 g/mol. The second-order valence-electron chi connectivity index (χ2n) is 4.63. The summed E-state index contributed by atoms with van der Waals surface area (Å²) in [6.07, 6.45) is 1.64. The number of hydrogen-bond acceptors (Lipinski definition) is 3. The Morgan fingerprint density at radius 3 is 2.37 bits per heavy atom. The topological polar surface area (TPSA) is 61.0 Å². The van der Waals surface area contributed by atoms with E-state index in [-0.39, 0.29) is 5.82 Å². The second-order valence-corrected chi connectivity index (χ2v) is 5.49. The molecule has 0 spiro atoms. The van der Waals surface area contributed by atoms with E-state index in [9.17, 15) is 10.1 Å². The van der Waals surface area contributed by atoms with Crippen molar-refractivity contribution in [3.05, 3.63) is 55.2 Å². The van der Waals surface area contributed by atoms with Gasteiger partial charge < -0.3 is 10.1 Å². The smallest absolute Gasteiger partial charge is 0.358 e. The Morgan fingerprint density at radius 2 is 1.89 bits per heavy atom. The van der Waals surface area contributed by atoms with Crippen LogP contribution in [-0.2, 0) is 6.54 Å². The predicted octanol–water partition coefficient (Wildman–Crippen LogP) is 3.53. The minimum atomic E-state index is -0.491. The standard InChI is InChI=1S/C13H14BrN3O2/c1-8-4-9(2)11(10(3)5-8)6-16-7-12(14)13(15-16)17(18)19/h4-5,7H,6H2,1-3H3. The number of hydrogen-bond donors (Lipinski definition) is 0. The van der Waals surface area contributed by atoms with Gasteiger partial charge in [0.2, 0.25) is 0 Å². The highest BCUT2D eigenvalue weighted by molar-refractivity contribution is 9.10. The Labute approximate surface area is 119 Å². The fraction of sp³-hybridized carbons (Fsp3) is 0.308. The molecule has 0 unspecified atom stereocenters.